The molecule has 0 radical (unpaired) electrons. The van der Waals surface area contributed by atoms with Gasteiger partial charge in [0.2, 0.25) is 5.82 Å². The Labute approximate surface area is 295 Å². The summed E-state index contributed by atoms with van der Waals surface area (Å²) in [7, 11) is 0. The van der Waals surface area contributed by atoms with Gasteiger partial charge in [0, 0.05) is 22.6 Å². The first-order chi connectivity index (χ1) is 25.3. The summed E-state index contributed by atoms with van der Waals surface area (Å²) in [6.07, 6.45) is 1.54. The van der Waals surface area contributed by atoms with Gasteiger partial charge in [0.1, 0.15) is 11.5 Å². The number of halogens is 1. The maximum Gasteiger partial charge on any atom is 0.205 e. The number of carbonyl (C=O) groups is 1. The van der Waals surface area contributed by atoms with Crippen LogP contribution in [0.4, 0.5) is 0 Å². The fourth-order valence-corrected chi connectivity index (χ4v) is 6.70. The van der Waals surface area contributed by atoms with E-state index in [1.807, 2.05) is 103 Å². The fraction of sp³-hybridized carbons (Fsp3) is 0.146. The van der Waals surface area contributed by atoms with Crippen molar-refractivity contribution in [1.82, 2.24) is 29.8 Å². The van der Waals surface area contributed by atoms with Crippen LogP contribution in [0.15, 0.2) is 140 Å². The minimum atomic E-state index is -2.03. The molecule has 2 aromatic heterocycles. The largest absolute Gasteiger partial charge is 0.320 e. The third kappa shape index (κ3) is 6.09. The van der Waals surface area contributed by atoms with Crippen molar-refractivity contribution in [2.75, 3.05) is 0 Å². The van der Waals surface area contributed by atoms with Crippen LogP contribution in [0.3, 0.4) is 0 Å². The number of aldehydes is 1. The lowest BCUT2D eigenvalue weighted by molar-refractivity contribution is 0.111. The molecule has 0 unspecified atom stereocenters. The molecule has 2 heterocycles. The van der Waals surface area contributed by atoms with Crippen LogP contribution in [-0.4, -0.2) is 36.0 Å². The molecule has 0 saturated heterocycles. The number of hydrogen-bond acceptors (Lipinski definition) is 5. The van der Waals surface area contributed by atoms with Crippen LogP contribution in [0.1, 0.15) is 62.4 Å². The van der Waals surface area contributed by atoms with Crippen molar-refractivity contribution in [1.29, 1.82) is 0 Å². The summed E-state index contributed by atoms with van der Waals surface area (Å²) in [5.74, 6) is 1.06. The molecular weight excluding hydrogens is 628 g/mol. The number of tetrazole rings is 1. The number of benzene rings is 5. The van der Waals surface area contributed by atoms with Gasteiger partial charge in [-0.05, 0) is 45.0 Å². The molecule has 0 aliphatic heterocycles. The molecular formula is C41H35ClN6O. The average Bonchev–Trinajstić information content (AvgIpc) is 3.77. The van der Waals surface area contributed by atoms with E-state index in [1.165, 1.54) is 0 Å². The Hall–Kier alpha value is -5.66. The zero-order chi connectivity index (χ0) is 36.1. The number of hydrogen-bond donors (Lipinski definition) is 0. The highest BCUT2D eigenvalue weighted by Crippen LogP contribution is 2.40. The predicted molar refractivity (Wildman–Crippen MR) is 194 cm³/mol. The minimum absolute atomic E-state index is 0.0520. The first-order valence-corrected chi connectivity index (χ1v) is 16.5. The normalized spacial score (nSPS) is 12.6. The first kappa shape index (κ1) is 28.4. The molecule has 0 aliphatic carbocycles. The predicted octanol–water partition coefficient (Wildman–Crippen LogP) is 8.90. The van der Waals surface area contributed by atoms with E-state index in [4.69, 9.17) is 26.0 Å². The molecule has 242 valence electrons. The smallest absolute Gasteiger partial charge is 0.205 e. The summed E-state index contributed by atoms with van der Waals surface area (Å²) in [5, 5.41) is 14.6. The van der Waals surface area contributed by atoms with Gasteiger partial charge in [0.15, 0.2) is 17.0 Å². The highest BCUT2D eigenvalue weighted by Gasteiger charge is 2.41. The Morgan fingerprint density at radius 2 is 1.33 bits per heavy atom. The summed E-state index contributed by atoms with van der Waals surface area (Å²) in [4.78, 5) is 18.0. The third-order valence-corrected chi connectivity index (χ3v) is 9.07. The minimum Gasteiger partial charge on any atom is -0.320 e. The van der Waals surface area contributed by atoms with Gasteiger partial charge in [-0.2, -0.15) is 0 Å². The molecule has 0 bridgehead atoms. The maximum atomic E-state index is 11.9. The highest BCUT2D eigenvalue weighted by molar-refractivity contribution is 6.31. The first-order valence-electron chi connectivity index (χ1n) is 17.6. The number of aromatic nitrogens is 6. The van der Waals surface area contributed by atoms with Gasteiger partial charge in [0.25, 0.3) is 0 Å². The van der Waals surface area contributed by atoms with Crippen LogP contribution in [0.25, 0.3) is 22.5 Å². The molecule has 5 aromatic carbocycles. The SMILES string of the molecule is [2H]C([2H])([2H])CCCc1nc(Cl)c(C=O)n1Cc1ccc(-c2ccccc2-c2nnn(C(c3ccccc3)(c3ccccc3)c3ccccc3)n2)cc1. The van der Waals surface area contributed by atoms with E-state index in [0.29, 0.717) is 37.3 Å². The van der Waals surface area contributed by atoms with Crippen LogP contribution in [0, 0.1) is 0 Å². The summed E-state index contributed by atoms with van der Waals surface area (Å²) in [6.45, 7) is -1.67. The summed E-state index contributed by atoms with van der Waals surface area (Å²) in [6, 6.07) is 46.7. The summed E-state index contributed by atoms with van der Waals surface area (Å²) in [5.41, 5.74) is 6.01. The zero-order valence-electron chi connectivity index (χ0n) is 29.7. The number of rotatable bonds is 12. The van der Waals surface area contributed by atoms with E-state index in [-0.39, 0.29) is 17.3 Å². The zero-order valence-corrected chi connectivity index (χ0v) is 27.4. The van der Waals surface area contributed by atoms with E-state index in [9.17, 15) is 4.79 Å². The molecule has 0 spiro atoms. The maximum absolute atomic E-state index is 11.9. The Balaban J connectivity index is 1.24. The number of nitrogens with zero attached hydrogens (tertiary/aromatic N) is 6. The summed E-state index contributed by atoms with van der Waals surface area (Å²) < 4.78 is 24.3. The topological polar surface area (TPSA) is 78.5 Å². The van der Waals surface area contributed by atoms with Crippen molar-refractivity contribution >= 4 is 17.9 Å². The number of imidazole rings is 1. The Morgan fingerprint density at radius 1 is 0.755 bits per heavy atom. The van der Waals surface area contributed by atoms with Gasteiger partial charge in [-0.25, -0.2) is 4.98 Å². The Morgan fingerprint density at radius 3 is 1.90 bits per heavy atom. The fourth-order valence-electron chi connectivity index (χ4n) is 6.46. The van der Waals surface area contributed by atoms with E-state index >= 15 is 0 Å². The second-order valence-corrected chi connectivity index (χ2v) is 12.1. The van der Waals surface area contributed by atoms with Crippen molar-refractivity contribution in [2.45, 2.75) is 38.2 Å². The van der Waals surface area contributed by atoms with Crippen LogP contribution in [0.2, 0.25) is 5.15 Å². The Kier molecular flexibility index (Phi) is 8.23. The molecule has 0 atom stereocenters. The van der Waals surface area contributed by atoms with E-state index < -0.39 is 12.4 Å². The molecule has 7 rings (SSSR count). The quantitative estimate of drug-likeness (QED) is 0.0962. The van der Waals surface area contributed by atoms with Crippen molar-refractivity contribution in [3.05, 3.63) is 178 Å². The van der Waals surface area contributed by atoms with Crippen molar-refractivity contribution in [2.24, 2.45) is 0 Å². The van der Waals surface area contributed by atoms with Crippen molar-refractivity contribution in [3.8, 4) is 22.5 Å². The van der Waals surface area contributed by atoms with Gasteiger partial charge in [-0.3, -0.25) is 4.79 Å². The molecule has 7 aromatic rings. The lowest BCUT2D eigenvalue weighted by Gasteiger charge is -2.34. The molecule has 0 amide bonds. The molecule has 0 aliphatic rings. The standard InChI is InChI=1S/C41H35ClN6O/c1-2-3-23-38-43-39(42)37(29-49)47(38)28-30-24-26-31(27-25-30)35-21-13-14-22-36(35)40-44-46-48(45-40)41(32-15-7-4-8-16-32,33-17-9-5-10-18-33)34-19-11-6-12-20-34/h4-22,24-27,29H,2-3,23,28H2,1H3/i1D3. The van der Waals surface area contributed by atoms with Crippen LogP contribution in [-0.2, 0) is 18.5 Å². The molecule has 0 saturated carbocycles. The van der Waals surface area contributed by atoms with Gasteiger partial charge >= 0.3 is 0 Å². The van der Waals surface area contributed by atoms with Crippen LogP contribution in [0.5, 0.6) is 0 Å². The summed E-state index contributed by atoms with van der Waals surface area (Å²) >= 11 is 6.31. The van der Waals surface area contributed by atoms with E-state index in [1.54, 1.807) is 9.36 Å². The monoisotopic (exact) mass is 665 g/mol. The molecule has 8 heteroatoms. The van der Waals surface area contributed by atoms with E-state index in [2.05, 4.69) is 46.5 Å². The number of aryl methyl sites for hydroxylation is 1. The molecule has 7 nitrogen and oxygen atoms in total. The second kappa shape index (κ2) is 14.2. The average molecular weight is 666 g/mol. The van der Waals surface area contributed by atoms with E-state index in [0.717, 1.165) is 38.9 Å². The van der Waals surface area contributed by atoms with Gasteiger partial charge in [-0.1, -0.05) is 164 Å². The van der Waals surface area contributed by atoms with Gasteiger partial charge in [-0.15, -0.1) is 15.0 Å². The lowest BCUT2D eigenvalue weighted by Crippen LogP contribution is -2.39. The second-order valence-electron chi connectivity index (χ2n) is 11.7. The molecule has 0 fully saturated rings. The highest BCUT2D eigenvalue weighted by atomic mass is 35.5. The lowest BCUT2D eigenvalue weighted by atomic mass is 9.77. The van der Waals surface area contributed by atoms with Gasteiger partial charge in [0.05, 0.1) is 0 Å². The van der Waals surface area contributed by atoms with Crippen molar-refractivity contribution in [3.63, 3.8) is 0 Å². The van der Waals surface area contributed by atoms with Gasteiger partial charge < -0.3 is 4.57 Å². The van der Waals surface area contributed by atoms with Crippen molar-refractivity contribution < 1.29 is 8.91 Å². The third-order valence-electron chi connectivity index (χ3n) is 8.79. The number of carbonyl (C=O) groups excluding carboxylic acids is 1. The molecule has 0 N–H and O–H groups in total. The Bertz CT molecular complexity index is 2180. The van der Waals surface area contributed by atoms with Crippen LogP contribution < -0.4 is 0 Å². The van der Waals surface area contributed by atoms with Crippen LogP contribution >= 0.6 is 11.6 Å². The molecule has 49 heavy (non-hydrogen) atoms.